The van der Waals surface area contributed by atoms with Crippen LogP contribution >= 0.6 is 0 Å². The number of likely N-dealkylation sites (N-methyl/N-ethyl adjacent to an activating group) is 1. The fourth-order valence-electron chi connectivity index (χ4n) is 2.44. The molecule has 0 saturated heterocycles. The Balaban J connectivity index is 1.90. The standard InChI is InChI=1S/C12H22N4O/c1-16(2)8-10(13)12-14-11(17-15-12)7-9-5-3-4-6-9/h9-10H,3-8,13H2,1-2H3. The minimum absolute atomic E-state index is 0.161. The number of nitrogens with two attached hydrogens (primary N) is 1. The van der Waals surface area contributed by atoms with Gasteiger partial charge in [-0.05, 0) is 32.9 Å². The molecule has 1 heterocycles. The molecule has 2 rings (SSSR count). The Morgan fingerprint density at radius 3 is 2.76 bits per heavy atom. The van der Waals surface area contributed by atoms with Gasteiger partial charge in [0.2, 0.25) is 5.89 Å². The summed E-state index contributed by atoms with van der Waals surface area (Å²) in [6, 6.07) is -0.161. The zero-order valence-electron chi connectivity index (χ0n) is 10.7. The molecule has 0 bridgehead atoms. The molecule has 5 nitrogen and oxygen atoms in total. The molecule has 1 aliphatic rings. The zero-order valence-corrected chi connectivity index (χ0v) is 10.7. The van der Waals surface area contributed by atoms with Gasteiger partial charge in [0.05, 0.1) is 6.04 Å². The Kier molecular flexibility index (Phi) is 4.12. The van der Waals surface area contributed by atoms with Crippen molar-refractivity contribution >= 4 is 0 Å². The lowest BCUT2D eigenvalue weighted by Crippen LogP contribution is -2.26. The summed E-state index contributed by atoms with van der Waals surface area (Å²) in [7, 11) is 3.97. The third-order valence-electron chi connectivity index (χ3n) is 3.32. The van der Waals surface area contributed by atoms with E-state index in [1.807, 2.05) is 19.0 Å². The van der Waals surface area contributed by atoms with E-state index < -0.39 is 0 Å². The minimum atomic E-state index is -0.161. The van der Waals surface area contributed by atoms with Crippen LogP contribution in [0.25, 0.3) is 0 Å². The Morgan fingerprint density at radius 1 is 1.41 bits per heavy atom. The van der Waals surface area contributed by atoms with Crippen LogP contribution in [0, 0.1) is 5.92 Å². The summed E-state index contributed by atoms with van der Waals surface area (Å²) in [4.78, 5) is 6.42. The molecule has 1 aromatic heterocycles. The predicted molar refractivity (Wildman–Crippen MR) is 65.4 cm³/mol. The van der Waals surface area contributed by atoms with E-state index in [4.69, 9.17) is 10.3 Å². The molecular weight excluding hydrogens is 216 g/mol. The molecule has 0 spiro atoms. The van der Waals surface area contributed by atoms with Crippen molar-refractivity contribution in [2.24, 2.45) is 11.7 Å². The van der Waals surface area contributed by atoms with Crippen molar-refractivity contribution in [2.45, 2.75) is 38.1 Å². The van der Waals surface area contributed by atoms with Gasteiger partial charge in [-0.1, -0.05) is 18.0 Å². The van der Waals surface area contributed by atoms with Crippen molar-refractivity contribution in [2.75, 3.05) is 20.6 Å². The van der Waals surface area contributed by atoms with Crippen LogP contribution in [-0.4, -0.2) is 35.7 Å². The Hall–Kier alpha value is -0.940. The van der Waals surface area contributed by atoms with Crippen LogP contribution in [0.3, 0.4) is 0 Å². The van der Waals surface area contributed by atoms with Gasteiger partial charge in [0.1, 0.15) is 0 Å². The second-order valence-corrected chi connectivity index (χ2v) is 5.27. The van der Waals surface area contributed by atoms with E-state index in [0.717, 1.165) is 24.8 Å². The van der Waals surface area contributed by atoms with Crippen molar-refractivity contribution in [3.05, 3.63) is 11.7 Å². The van der Waals surface area contributed by atoms with Crippen molar-refractivity contribution in [3.8, 4) is 0 Å². The van der Waals surface area contributed by atoms with E-state index in [0.29, 0.717) is 5.82 Å². The third kappa shape index (κ3) is 3.51. The first-order chi connectivity index (χ1) is 8.15. The number of nitrogens with zero attached hydrogens (tertiary/aromatic N) is 3. The summed E-state index contributed by atoms with van der Waals surface area (Å²) in [5, 5.41) is 3.97. The quantitative estimate of drug-likeness (QED) is 0.839. The number of rotatable bonds is 5. The fraction of sp³-hybridized carbons (Fsp3) is 0.833. The topological polar surface area (TPSA) is 68.2 Å². The van der Waals surface area contributed by atoms with Crippen LogP contribution < -0.4 is 5.73 Å². The van der Waals surface area contributed by atoms with Gasteiger partial charge in [-0.2, -0.15) is 4.98 Å². The highest BCUT2D eigenvalue weighted by Gasteiger charge is 2.20. The Bertz CT molecular complexity index is 344. The maximum Gasteiger partial charge on any atom is 0.226 e. The van der Waals surface area contributed by atoms with E-state index in [1.54, 1.807) is 0 Å². The highest BCUT2D eigenvalue weighted by molar-refractivity contribution is 4.95. The van der Waals surface area contributed by atoms with Gasteiger partial charge in [-0.25, -0.2) is 0 Å². The molecule has 0 aromatic carbocycles. The summed E-state index contributed by atoms with van der Waals surface area (Å²) in [6.07, 6.45) is 6.18. The normalized spacial score (nSPS) is 19.1. The molecule has 1 saturated carbocycles. The molecule has 1 unspecified atom stereocenters. The molecule has 5 heteroatoms. The van der Waals surface area contributed by atoms with Crippen LogP contribution in [0.5, 0.6) is 0 Å². The van der Waals surface area contributed by atoms with Crippen LogP contribution in [0.15, 0.2) is 4.52 Å². The molecule has 0 radical (unpaired) electrons. The summed E-state index contributed by atoms with van der Waals surface area (Å²) < 4.78 is 5.27. The molecule has 1 atom stereocenters. The van der Waals surface area contributed by atoms with E-state index >= 15 is 0 Å². The van der Waals surface area contributed by atoms with Gasteiger partial charge in [0.15, 0.2) is 5.82 Å². The highest BCUT2D eigenvalue weighted by Crippen LogP contribution is 2.27. The molecule has 17 heavy (non-hydrogen) atoms. The third-order valence-corrected chi connectivity index (χ3v) is 3.32. The Labute approximate surface area is 102 Å². The number of hydrogen-bond acceptors (Lipinski definition) is 5. The maximum absolute atomic E-state index is 5.99. The second-order valence-electron chi connectivity index (χ2n) is 5.27. The van der Waals surface area contributed by atoms with Crippen molar-refractivity contribution in [1.29, 1.82) is 0 Å². The average Bonchev–Trinajstić information content (AvgIpc) is 2.88. The molecule has 1 aliphatic carbocycles. The number of aromatic nitrogens is 2. The minimum Gasteiger partial charge on any atom is -0.339 e. The monoisotopic (exact) mass is 238 g/mol. The van der Waals surface area contributed by atoms with E-state index in [-0.39, 0.29) is 6.04 Å². The predicted octanol–water partition coefficient (Wildman–Crippen LogP) is 1.36. The van der Waals surface area contributed by atoms with E-state index in [9.17, 15) is 0 Å². The summed E-state index contributed by atoms with van der Waals surface area (Å²) in [5.74, 6) is 2.11. The Morgan fingerprint density at radius 2 is 2.12 bits per heavy atom. The smallest absolute Gasteiger partial charge is 0.226 e. The van der Waals surface area contributed by atoms with Crippen LogP contribution in [0.2, 0.25) is 0 Å². The molecule has 0 aliphatic heterocycles. The molecular formula is C12H22N4O. The van der Waals surface area contributed by atoms with Gasteiger partial charge < -0.3 is 15.2 Å². The van der Waals surface area contributed by atoms with Gasteiger partial charge >= 0.3 is 0 Å². The summed E-state index contributed by atoms with van der Waals surface area (Å²) in [6.45, 7) is 0.738. The first-order valence-electron chi connectivity index (χ1n) is 6.38. The fourth-order valence-corrected chi connectivity index (χ4v) is 2.44. The van der Waals surface area contributed by atoms with Gasteiger partial charge in [-0.3, -0.25) is 0 Å². The highest BCUT2D eigenvalue weighted by atomic mass is 16.5. The lowest BCUT2D eigenvalue weighted by molar-refractivity contribution is 0.336. The maximum atomic E-state index is 5.99. The average molecular weight is 238 g/mol. The molecule has 1 aromatic rings. The van der Waals surface area contributed by atoms with Crippen molar-refractivity contribution < 1.29 is 4.52 Å². The zero-order chi connectivity index (χ0) is 12.3. The molecule has 0 amide bonds. The largest absolute Gasteiger partial charge is 0.339 e. The summed E-state index contributed by atoms with van der Waals surface area (Å²) in [5.41, 5.74) is 5.99. The van der Waals surface area contributed by atoms with Crippen LogP contribution in [0.1, 0.15) is 43.4 Å². The lowest BCUT2D eigenvalue weighted by atomic mass is 10.0. The van der Waals surface area contributed by atoms with Crippen LogP contribution in [0.4, 0.5) is 0 Å². The first-order valence-corrected chi connectivity index (χ1v) is 6.38. The van der Waals surface area contributed by atoms with Crippen molar-refractivity contribution in [1.82, 2.24) is 15.0 Å². The lowest BCUT2D eigenvalue weighted by Gasteiger charge is -2.12. The molecule has 96 valence electrons. The molecule has 1 fully saturated rings. The summed E-state index contributed by atoms with van der Waals surface area (Å²) >= 11 is 0. The number of hydrogen-bond donors (Lipinski definition) is 1. The van der Waals surface area contributed by atoms with E-state index in [1.165, 1.54) is 25.7 Å². The molecule has 2 N–H and O–H groups in total. The van der Waals surface area contributed by atoms with E-state index in [2.05, 4.69) is 10.1 Å². The van der Waals surface area contributed by atoms with Crippen molar-refractivity contribution in [3.63, 3.8) is 0 Å². The first kappa shape index (κ1) is 12.5. The van der Waals surface area contributed by atoms with Gasteiger partial charge in [0.25, 0.3) is 0 Å². The second kappa shape index (κ2) is 5.60. The van der Waals surface area contributed by atoms with Crippen LogP contribution in [-0.2, 0) is 6.42 Å². The van der Waals surface area contributed by atoms with Gasteiger partial charge in [-0.15, -0.1) is 0 Å². The SMILES string of the molecule is CN(C)CC(N)c1noc(CC2CCCC2)n1. The van der Waals surface area contributed by atoms with Gasteiger partial charge in [0, 0.05) is 13.0 Å².